The largest absolute Gasteiger partial charge is 0.471 e. The summed E-state index contributed by atoms with van der Waals surface area (Å²) in [5.41, 5.74) is 6.58. The summed E-state index contributed by atoms with van der Waals surface area (Å²) in [6.45, 7) is -0.0138. The molecule has 0 unspecified atom stereocenters. The van der Waals surface area contributed by atoms with Gasteiger partial charge in [-0.2, -0.15) is 4.68 Å². The van der Waals surface area contributed by atoms with Gasteiger partial charge >= 0.3 is 0 Å². The summed E-state index contributed by atoms with van der Waals surface area (Å²) >= 11 is 0. The van der Waals surface area contributed by atoms with Crippen molar-refractivity contribution in [3.63, 3.8) is 0 Å². The zero-order valence-corrected chi connectivity index (χ0v) is 10.6. The molecule has 0 saturated carbocycles. The first-order valence-electron chi connectivity index (χ1n) is 6.05. The molecule has 0 bridgehead atoms. The van der Waals surface area contributed by atoms with E-state index in [0.717, 1.165) is 0 Å². The van der Waals surface area contributed by atoms with Crippen LogP contribution in [0.25, 0.3) is 10.9 Å². The molecule has 0 saturated heterocycles. The van der Waals surface area contributed by atoms with Crippen LogP contribution in [0.3, 0.4) is 0 Å². The number of nitrogens with two attached hydrogens (primary N) is 1. The number of rotatable bonds is 3. The fourth-order valence-electron chi connectivity index (χ4n) is 1.85. The Morgan fingerprint density at radius 1 is 1.15 bits per heavy atom. The summed E-state index contributed by atoms with van der Waals surface area (Å²) in [4.78, 5) is 12.2. The average Bonchev–Trinajstić information content (AvgIpc) is 2.47. The van der Waals surface area contributed by atoms with E-state index in [0.29, 0.717) is 22.3 Å². The van der Waals surface area contributed by atoms with Crippen LogP contribution < -0.4 is 16.0 Å². The Bertz CT molecular complexity index is 813. The molecule has 2 N–H and O–H groups in total. The van der Waals surface area contributed by atoms with E-state index in [1.54, 1.807) is 42.5 Å². The second-order valence-corrected chi connectivity index (χ2v) is 4.26. The first-order chi connectivity index (χ1) is 9.74. The molecule has 0 atom stereocenters. The summed E-state index contributed by atoms with van der Waals surface area (Å²) in [7, 11) is 0. The highest BCUT2D eigenvalue weighted by molar-refractivity contribution is 5.76. The van der Waals surface area contributed by atoms with E-state index in [-0.39, 0.29) is 12.3 Å². The molecule has 0 amide bonds. The van der Waals surface area contributed by atoms with Crippen molar-refractivity contribution < 1.29 is 4.74 Å². The maximum atomic E-state index is 12.2. The van der Waals surface area contributed by atoms with Crippen LogP contribution in [0.5, 0.6) is 5.75 Å². The summed E-state index contributed by atoms with van der Waals surface area (Å²) in [5, 5.41) is 8.33. The third-order valence-electron chi connectivity index (χ3n) is 2.84. The van der Waals surface area contributed by atoms with Gasteiger partial charge in [-0.1, -0.05) is 23.4 Å². The Labute approximate surface area is 114 Å². The van der Waals surface area contributed by atoms with Crippen molar-refractivity contribution in [1.29, 1.82) is 0 Å². The lowest BCUT2D eigenvalue weighted by Gasteiger charge is -2.08. The molecular formula is C14H12N4O2. The van der Waals surface area contributed by atoms with Gasteiger partial charge < -0.3 is 10.5 Å². The lowest BCUT2D eigenvalue weighted by Crippen LogP contribution is -2.26. The van der Waals surface area contributed by atoms with Crippen LogP contribution >= 0.6 is 0 Å². The quantitative estimate of drug-likeness (QED) is 0.726. The zero-order valence-electron chi connectivity index (χ0n) is 10.6. The second-order valence-electron chi connectivity index (χ2n) is 4.26. The smallest absolute Gasteiger partial charge is 0.280 e. The molecular weight excluding hydrogens is 256 g/mol. The topological polar surface area (TPSA) is 83.0 Å². The summed E-state index contributed by atoms with van der Waals surface area (Å²) < 4.78 is 6.66. The fourth-order valence-corrected chi connectivity index (χ4v) is 1.85. The number of aromatic nitrogens is 3. The van der Waals surface area contributed by atoms with Crippen molar-refractivity contribution in [1.82, 2.24) is 15.0 Å². The van der Waals surface area contributed by atoms with E-state index in [4.69, 9.17) is 10.5 Å². The monoisotopic (exact) mass is 268 g/mol. The van der Waals surface area contributed by atoms with Crippen molar-refractivity contribution in [2.45, 2.75) is 6.73 Å². The summed E-state index contributed by atoms with van der Waals surface area (Å²) in [6.07, 6.45) is 0. The molecule has 2 aromatic carbocycles. The molecule has 6 heteroatoms. The molecule has 6 nitrogen and oxygen atoms in total. The Hall–Kier alpha value is -2.89. The number of ether oxygens (including phenoxy) is 1. The number of nitrogens with zero attached hydrogens (tertiary/aromatic N) is 3. The van der Waals surface area contributed by atoms with Crippen molar-refractivity contribution in [3.8, 4) is 5.75 Å². The third kappa shape index (κ3) is 2.31. The standard InChI is InChI=1S/C14H12N4O2/c15-10-4-3-5-11(8-10)20-9-18-14(19)12-6-1-2-7-13(12)16-17-18/h1-8H,9,15H2. The normalized spacial score (nSPS) is 10.6. The van der Waals surface area contributed by atoms with E-state index in [9.17, 15) is 4.79 Å². The van der Waals surface area contributed by atoms with Gasteiger partial charge in [-0.15, -0.1) is 5.10 Å². The van der Waals surface area contributed by atoms with Gasteiger partial charge in [0.05, 0.1) is 5.39 Å². The number of fused-ring (bicyclic) bond motifs is 1. The number of nitrogen functional groups attached to an aromatic ring is 1. The van der Waals surface area contributed by atoms with Crippen LogP contribution in [-0.4, -0.2) is 15.0 Å². The highest BCUT2D eigenvalue weighted by Gasteiger charge is 2.05. The van der Waals surface area contributed by atoms with E-state index in [1.807, 2.05) is 6.07 Å². The number of benzene rings is 2. The summed E-state index contributed by atoms with van der Waals surface area (Å²) in [5.74, 6) is 0.576. The maximum absolute atomic E-state index is 12.2. The van der Waals surface area contributed by atoms with Crippen molar-refractivity contribution in [2.75, 3.05) is 5.73 Å². The Morgan fingerprint density at radius 2 is 2.00 bits per heavy atom. The maximum Gasteiger partial charge on any atom is 0.280 e. The van der Waals surface area contributed by atoms with Gasteiger partial charge in [-0.3, -0.25) is 4.79 Å². The summed E-state index contributed by atoms with van der Waals surface area (Å²) in [6, 6.07) is 14.0. The lowest BCUT2D eigenvalue weighted by molar-refractivity contribution is 0.211. The molecule has 1 heterocycles. The molecule has 1 aromatic heterocycles. The molecule has 0 aliphatic carbocycles. The zero-order chi connectivity index (χ0) is 13.9. The van der Waals surface area contributed by atoms with E-state index >= 15 is 0 Å². The number of anilines is 1. The number of hydrogen-bond acceptors (Lipinski definition) is 5. The van der Waals surface area contributed by atoms with Gasteiger partial charge in [0, 0.05) is 11.8 Å². The van der Waals surface area contributed by atoms with Crippen molar-refractivity contribution in [2.24, 2.45) is 0 Å². The van der Waals surface area contributed by atoms with Crippen LogP contribution in [0.2, 0.25) is 0 Å². The molecule has 0 fully saturated rings. The molecule has 100 valence electrons. The molecule has 0 aliphatic heterocycles. The minimum absolute atomic E-state index is 0.0138. The predicted molar refractivity (Wildman–Crippen MR) is 75.3 cm³/mol. The Morgan fingerprint density at radius 3 is 2.85 bits per heavy atom. The van der Waals surface area contributed by atoms with Gasteiger partial charge in [0.25, 0.3) is 5.56 Å². The van der Waals surface area contributed by atoms with Crippen LogP contribution in [0.15, 0.2) is 53.3 Å². The average molecular weight is 268 g/mol. The fraction of sp³-hybridized carbons (Fsp3) is 0.0714. The van der Waals surface area contributed by atoms with Gasteiger partial charge in [0.15, 0.2) is 6.73 Å². The predicted octanol–water partition coefficient (Wildman–Crippen LogP) is 1.41. The number of hydrogen-bond donors (Lipinski definition) is 1. The van der Waals surface area contributed by atoms with E-state index in [1.165, 1.54) is 4.68 Å². The molecule has 0 spiro atoms. The molecule has 0 aliphatic rings. The highest BCUT2D eigenvalue weighted by Crippen LogP contribution is 2.14. The van der Waals surface area contributed by atoms with Crippen LogP contribution in [0.4, 0.5) is 5.69 Å². The van der Waals surface area contributed by atoms with Gasteiger partial charge in [-0.25, -0.2) is 0 Å². The van der Waals surface area contributed by atoms with Crippen molar-refractivity contribution in [3.05, 3.63) is 58.9 Å². The molecule has 20 heavy (non-hydrogen) atoms. The van der Waals surface area contributed by atoms with E-state index in [2.05, 4.69) is 10.3 Å². The first-order valence-corrected chi connectivity index (χ1v) is 6.05. The van der Waals surface area contributed by atoms with Gasteiger partial charge in [-0.05, 0) is 24.3 Å². The first kappa shape index (κ1) is 12.2. The molecule has 3 aromatic rings. The molecule has 0 radical (unpaired) electrons. The van der Waals surface area contributed by atoms with Crippen LogP contribution in [-0.2, 0) is 6.73 Å². The second kappa shape index (κ2) is 5.00. The SMILES string of the molecule is Nc1cccc(OCn2nnc3ccccc3c2=O)c1. The lowest BCUT2D eigenvalue weighted by atomic mass is 10.2. The highest BCUT2D eigenvalue weighted by atomic mass is 16.5. The van der Waals surface area contributed by atoms with Crippen LogP contribution in [0, 0.1) is 0 Å². The Kier molecular flexibility index (Phi) is 3.04. The molecule has 3 rings (SSSR count). The van der Waals surface area contributed by atoms with Gasteiger partial charge in [0.2, 0.25) is 0 Å². The van der Waals surface area contributed by atoms with Crippen molar-refractivity contribution >= 4 is 16.6 Å². The minimum Gasteiger partial charge on any atom is -0.471 e. The minimum atomic E-state index is -0.237. The van der Waals surface area contributed by atoms with E-state index < -0.39 is 0 Å². The van der Waals surface area contributed by atoms with Crippen LogP contribution in [0.1, 0.15) is 0 Å². The van der Waals surface area contributed by atoms with Gasteiger partial charge in [0.1, 0.15) is 11.3 Å². The Balaban J connectivity index is 1.88. The third-order valence-corrected chi connectivity index (χ3v) is 2.84.